The lowest BCUT2D eigenvalue weighted by Crippen LogP contribution is -2.34. The zero-order valence-electron chi connectivity index (χ0n) is 14.3. The van der Waals surface area contributed by atoms with Crippen LogP contribution in [-0.4, -0.2) is 39.9 Å². The molecule has 0 radical (unpaired) electrons. The molecule has 1 aliphatic heterocycles. The van der Waals surface area contributed by atoms with E-state index in [9.17, 15) is 4.79 Å². The minimum Gasteiger partial charge on any atom is -0.369 e. The highest BCUT2D eigenvalue weighted by atomic mass is 32.1. The van der Waals surface area contributed by atoms with Gasteiger partial charge >= 0.3 is 0 Å². The molecule has 24 heavy (non-hydrogen) atoms. The van der Waals surface area contributed by atoms with E-state index in [1.165, 1.54) is 36.1 Å². The Labute approximate surface area is 146 Å². The molecule has 1 saturated carbocycles. The number of nitrogens with zero attached hydrogens (tertiary/aromatic N) is 3. The largest absolute Gasteiger partial charge is 0.369 e. The summed E-state index contributed by atoms with van der Waals surface area (Å²) < 4.78 is 0. The number of nitrogens with one attached hydrogen (secondary N) is 1. The van der Waals surface area contributed by atoms with Crippen molar-refractivity contribution in [3.05, 3.63) is 16.8 Å². The molecule has 1 saturated heterocycles. The Morgan fingerprint density at radius 3 is 2.88 bits per heavy atom. The van der Waals surface area contributed by atoms with Crippen molar-refractivity contribution in [3.63, 3.8) is 0 Å². The molecule has 2 aromatic heterocycles. The molecule has 1 amide bonds. The van der Waals surface area contributed by atoms with Crippen LogP contribution in [-0.2, 0) is 4.79 Å². The van der Waals surface area contributed by atoms with Crippen molar-refractivity contribution in [1.82, 2.24) is 14.9 Å². The fourth-order valence-electron chi connectivity index (χ4n) is 4.07. The van der Waals surface area contributed by atoms with Crippen LogP contribution >= 0.6 is 11.3 Å². The first-order valence-corrected chi connectivity index (χ1v) is 9.69. The summed E-state index contributed by atoms with van der Waals surface area (Å²) in [6.07, 6.45) is 7.21. The Balaban J connectivity index is 1.45. The van der Waals surface area contributed by atoms with E-state index in [1.54, 1.807) is 17.7 Å². The van der Waals surface area contributed by atoms with E-state index < -0.39 is 0 Å². The third-order valence-electron chi connectivity index (χ3n) is 5.53. The van der Waals surface area contributed by atoms with Crippen LogP contribution < -0.4 is 5.32 Å². The highest BCUT2D eigenvalue weighted by Gasteiger charge is 2.35. The van der Waals surface area contributed by atoms with Gasteiger partial charge in [0.15, 0.2) is 0 Å². The Morgan fingerprint density at radius 1 is 1.29 bits per heavy atom. The zero-order chi connectivity index (χ0) is 16.7. The summed E-state index contributed by atoms with van der Waals surface area (Å²) in [6, 6.07) is 0.495. The van der Waals surface area contributed by atoms with Crippen LogP contribution in [0.15, 0.2) is 6.33 Å². The lowest BCUT2D eigenvalue weighted by Gasteiger charge is -2.24. The predicted octanol–water partition coefficient (Wildman–Crippen LogP) is 3.51. The number of amides is 1. The first-order chi connectivity index (χ1) is 11.6. The molecule has 4 rings (SSSR count). The summed E-state index contributed by atoms with van der Waals surface area (Å²) in [5.41, 5.74) is 1.26. The van der Waals surface area contributed by atoms with Crippen LogP contribution in [0.2, 0.25) is 0 Å². The molecule has 1 aliphatic carbocycles. The summed E-state index contributed by atoms with van der Waals surface area (Å²) in [5, 5.41) is 4.63. The van der Waals surface area contributed by atoms with Gasteiger partial charge in [0.1, 0.15) is 17.0 Å². The number of fused-ring (bicyclic) bond motifs is 1. The number of hydrogen-bond donors (Lipinski definition) is 1. The Kier molecular flexibility index (Phi) is 4.16. The van der Waals surface area contributed by atoms with E-state index in [4.69, 9.17) is 0 Å². The van der Waals surface area contributed by atoms with Crippen LogP contribution in [0.25, 0.3) is 10.2 Å². The normalized spacial score (nSPS) is 22.0. The highest BCUT2D eigenvalue weighted by Crippen LogP contribution is 2.33. The van der Waals surface area contributed by atoms with Crippen LogP contribution in [0.4, 0.5) is 5.82 Å². The van der Waals surface area contributed by atoms with Crippen molar-refractivity contribution < 1.29 is 4.79 Å². The molecule has 0 aromatic carbocycles. The lowest BCUT2D eigenvalue weighted by molar-refractivity contribution is -0.129. The maximum absolute atomic E-state index is 12.3. The number of carbonyl (C=O) groups is 1. The maximum Gasteiger partial charge on any atom is 0.223 e. The molecule has 0 unspecified atom stereocenters. The second kappa shape index (κ2) is 6.31. The second-order valence-electron chi connectivity index (χ2n) is 7.12. The van der Waals surface area contributed by atoms with Gasteiger partial charge in [-0.05, 0) is 32.3 Å². The van der Waals surface area contributed by atoms with Gasteiger partial charge in [-0.3, -0.25) is 4.79 Å². The van der Waals surface area contributed by atoms with Gasteiger partial charge in [-0.2, -0.15) is 0 Å². The first kappa shape index (κ1) is 15.8. The van der Waals surface area contributed by atoms with E-state index in [-0.39, 0.29) is 0 Å². The number of aryl methyl sites for hydroxylation is 2. The van der Waals surface area contributed by atoms with Gasteiger partial charge in [0.2, 0.25) is 5.91 Å². The van der Waals surface area contributed by atoms with Crippen LogP contribution in [0.5, 0.6) is 0 Å². The molecule has 2 fully saturated rings. The standard InChI is InChI=1S/C18H24N4OS/c1-11-12(2)24-18-16(11)17(20-10-21-18)19-8-13-7-15(23)22(9-13)14-5-3-4-6-14/h10,13-14H,3-9H2,1-2H3,(H,19,20,21)/t13-/m0/s1. The van der Waals surface area contributed by atoms with Gasteiger partial charge in [0.25, 0.3) is 0 Å². The molecule has 0 bridgehead atoms. The molecule has 2 aliphatic rings. The van der Waals surface area contributed by atoms with Crippen molar-refractivity contribution in [1.29, 1.82) is 0 Å². The van der Waals surface area contributed by atoms with Crippen molar-refractivity contribution in [2.24, 2.45) is 5.92 Å². The molecule has 128 valence electrons. The van der Waals surface area contributed by atoms with Crippen LogP contribution in [0.1, 0.15) is 42.5 Å². The molecule has 0 spiro atoms. The minimum absolute atomic E-state index is 0.337. The number of thiophene rings is 1. The first-order valence-electron chi connectivity index (χ1n) is 8.87. The van der Waals surface area contributed by atoms with E-state index in [0.717, 1.165) is 29.1 Å². The fourth-order valence-corrected chi connectivity index (χ4v) is 5.07. The monoisotopic (exact) mass is 344 g/mol. The quantitative estimate of drug-likeness (QED) is 0.922. The summed E-state index contributed by atoms with van der Waals surface area (Å²) in [7, 11) is 0. The molecule has 2 aromatic rings. The summed E-state index contributed by atoms with van der Waals surface area (Å²) in [5.74, 6) is 1.63. The molecule has 3 heterocycles. The van der Waals surface area contributed by atoms with Gasteiger partial charge in [-0.1, -0.05) is 12.8 Å². The average molecular weight is 344 g/mol. The van der Waals surface area contributed by atoms with Crippen molar-refractivity contribution in [2.45, 2.75) is 52.0 Å². The number of likely N-dealkylation sites (tertiary alicyclic amines) is 1. The molecular weight excluding hydrogens is 320 g/mol. The fraction of sp³-hybridized carbons (Fsp3) is 0.611. The molecular formula is C18H24N4OS. The van der Waals surface area contributed by atoms with Gasteiger partial charge < -0.3 is 10.2 Å². The van der Waals surface area contributed by atoms with E-state index in [1.807, 2.05) is 0 Å². The van der Waals surface area contributed by atoms with Gasteiger partial charge in [-0.15, -0.1) is 11.3 Å². The number of aromatic nitrogens is 2. The predicted molar refractivity (Wildman–Crippen MR) is 97.5 cm³/mol. The Bertz CT molecular complexity index is 766. The van der Waals surface area contributed by atoms with Crippen molar-refractivity contribution in [2.75, 3.05) is 18.4 Å². The smallest absolute Gasteiger partial charge is 0.223 e. The highest BCUT2D eigenvalue weighted by molar-refractivity contribution is 7.18. The molecule has 1 N–H and O–H groups in total. The summed E-state index contributed by atoms with van der Waals surface area (Å²) in [4.78, 5) is 25.6. The molecule has 1 atom stereocenters. The number of anilines is 1. The van der Waals surface area contributed by atoms with E-state index >= 15 is 0 Å². The number of carbonyl (C=O) groups excluding carboxylic acids is 1. The Hall–Kier alpha value is -1.69. The lowest BCUT2D eigenvalue weighted by atomic mass is 10.1. The number of rotatable bonds is 4. The van der Waals surface area contributed by atoms with Gasteiger partial charge in [0.05, 0.1) is 5.39 Å². The Morgan fingerprint density at radius 2 is 2.08 bits per heavy atom. The van der Waals surface area contributed by atoms with E-state index in [0.29, 0.717) is 24.3 Å². The number of hydrogen-bond acceptors (Lipinski definition) is 5. The van der Waals surface area contributed by atoms with Crippen molar-refractivity contribution >= 4 is 33.3 Å². The molecule has 6 heteroatoms. The maximum atomic E-state index is 12.3. The van der Waals surface area contributed by atoms with Gasteiger partial charge in [-0.25, -0.2) is 9.97 Å². The molecule has 5 nitrogen and oxygen atoms in total. The van der Waals surface area contributed by atoms with Crippen LogP contribution in [0, 0.1) is 19.8 Å². The third kappa shape index (κ3) is 2.77. The SMILES string of the molecule is Cc1sc2ncnc(NC[C@@H]3CC(=O)N(C4CCCC4)C3)c2c1C. The summed E-state index contributed by atoms with van der Waals surface area (Å²) in [6.45, 7) is 5.95. The van der Waals surface area contributed by atoms with Crippen LogP contribution in [0.3, 0.4) is 0 Å². The zero-order valence-corrected chi connectivity index (χ0v) is 15.2. The van der Waals surface area contributed by atoms with E-state index in [2.05, 4.69) is 34.0 Å². The summed E-state index contributed by atoms with van der Waals surface area (Å²) >= 11 is 1.72. The second-order valence-corrected chi connectivity index (χ2v) is 8.32. The van der Waals surface area contributed by atoms with Crippen molar-refractivity contribution in [3.8, 4) is 0 Å². The van der Waals surface area contributed by atoms with Gasteiger partial charge in [0, 0.05) is 36.3 Å². The minimum atomic E-state index is 0.337. The average Bonchev–Trinajstić information content (AvgIpc) is 3.27. The third-order valence-corrected chi connectivity index (χ3v) is 6.64. The topological polar surface area (TPSA) is 58.1 Å².